The number of benzene rings is 1. The summed E-state index contributed by atoms with van der Waals surface area (Å²) >= 11 is 0. The van der Waals surface area contributed by atoms with Crippen LogP contribution in [0.3, 0.4) is 0 Å². The number of rotatable bonds is 1. The molecule has 0 atom stereocenters. The van der Waals surface area contributed by atoms with E-state index >= 15 is 0 Å². The van der Waals surface area contributed by atoms with Crippen molar-refractivity contribution in [1.29, 1.82) is 0 Å². The van der Waals surface area contributed by atoms with Gasteiger partial charge in [0, 0.05) is 6.26 Å². The number of para-hydroxylation sites is 1. The Labute approximate surface area is 69.4 Å². The van der Waals surface area contributed by atoms with Gasteiger partial charge in [0.25, 0.3) is 0 Å². The second kappa shape index (κ2) is 2.75. The van der Waals surface area contributed by atoms with E-state index in [9.17, 15) is 12.8 Å². The van der Waals surface area contributed by atoms with E-state index in [-0.39, 0.29) is 4.90 Å². The summed E-state index contributed by atoms with van der Waals surface area (Å²) in [6.45, 7) is 0. The third-order valence-electron chi connectivity index (χ3n) is 1.35. The Kier molecular flexibility index (Phi) is 2.06. The molecule has 0 heterocycles. The monoisotopic (exact) mass is 190 g/mol. The molecule has 1 aromatic rings. The van der Waals surface area contributed by atoms with Crippen LogP contribution in [-0.4, -0.2) is 19.8 Å². The zero-order chi connectivity index (χ0) is 9.35. The number of hydrogen-bond acceptors (Lipinski definition) is 3. The Morgan fingerprint density at radius 1 is 1.42 bits per heavy atom. The molecule has 0 aliphatic carbocycles. The minimum Gasteiger partial charge on any atom is -0.504 e. The number of halogens is 1. The number of hydrogen-bond donors (Lipinski definition) is 1. The van der Waals surface area contributed by atoms with E-state index in [0.29, 0.717) is 0 Å². The Bertz CT molecular complexity index is 397. The van der Waals surface area contributed by atoms with E-state index in [1.807, 2.05) is 0 Å². The summed E-state index contributed by atoms with van der Waals surface area (Å²) in [6.07, 6.45) is 0.904. The van der Waals surface area contributed by atoms with Crippen molar-refractivity contribution < 1.29 is 17.9 Å². The molecule has 0 amide bonds. The van der Waals surface area contributed by atoms with Gasteiger partial charge in [0.05, 0.1) is 0 Å². The van der Waals surface area contributed by atoms with Gasteiger partial charge in [-0.15, -0.1) is 0 Å². The Balaban J connectivity index is 3.47. The van der Waals surface area contributed by atoms with Crippen molar-refractivity contribution in [3.05, 3.63) is 24.0 Å². The molecule has 0 aromatic heterocycles. The van der Waals surface area contributed by atoms with Crippen molar-refractivity contribution in [3.8, 4) is 5.75 Å². The van der Waals surface area contributed by atoms with Gasteiger partial charge in [0.2, 0.25) is 0 Å². The summed E-state index contributed by atoms with van der Waals surface area (Å²) in [5.74, 6) is -1.75. The lowest BCUT2D eigenvalue weighted by molar-refractivity contribution is 0.417. The molecule has 3 nitrogen and oxygen atoms in total. The lowest BCUT2D eigenvalue weighted by atomic mass is 10.3. The molecule has 0 aliphatic heterocycles. The molecule has 5 heteroatoms. The van der Waals surface area contributed by atoms with Crippen LogP contribution in [0, 0.1) is 5.82 Å². The minimum atomic E-state index is -3.55. The van der Waals surface area contributed by atoms with E-state index in [4.69, 9.17) is 5.11 Å². The third-order valence-corrected chi connectivity index (χ3v) is 2.48. The van der Waals surface area contributed by atoms with Gasteiger partial charge in [-0.05, 0) is 12.1 Å². The molecule has 0 unspecified atom stereocenters. The van der Waals surface area contributed by atoms with Crippen molar-refractivity contribution in [3.63, 3.8) is 0 Å². The van der Waals surface area contributed by atoms with Gasteiger partial charge >= 0.3 is 0 Å². The molecule has 1 rings (SSSR count). The smallest absolute Gasteiger partial charge is 0.179 e. The maximum atomic E-state index is 12.6. The molecular weight excluding hydrogens is 183 g/mol. The quantitative estimate of drug-likeness (QED) is 0.716. The predicted octanol–water partition coefficient (Wildman–Crippen LogP) is 0.935. The summed E-state index contributed by atoms with van der Waals surface area (Å²) in [5, 5.41) is 8.98. The first-order chi connectivity index (χ1) is 5.43. The topological polar surface area (TPSA) is 54.4 Å². The fourth-order valence-electron chi connectivity index (χ4n) is 0.795. The molecule has 0 saturated carbocycles. The van der Waals surface area contributed by atoms with Gasteiger partial charge < -0.3 is 5.11 Å². The second-order valence-corrected chi connectivity index (χ2v) is 4.34. The number of phenolic OH excluding ortho intramolecular Hbond substituents is 1. The van der Waals surface area contributed by atoms with Crippen LogP contribution < -0.4 is 0 Å². The molecule has 0 fully saturated rings. The van der Waals surface area contributed by atoms with E-state index in [0.717, 1.165) is 18.4 Å². The van der Waals surface area contributed by atoms with Crippen LogP contribution in [0.1, 0.15) is 0 Å². The fourth-order valence-corrected chi connectivity index (χ4v) is 1.57. The summed E-state index contributed by atoms with van der Waals surface area (Å²) in [7, 11) is -3.55. The van der Waals surface area contributed by atoms with Crippen LogP contribution in [0.4, 0.5) is 4.39 Å². The van der Waals surface area contributed by atoms with Crippen molar-refractivity contribution in [2.24, 2.45) is 0 Å². The largest absolute Gasteiger partial charge is 0.504 e. The highest BCUT2D eigenvalue weighted by molar-refractivity contribution is 7.90. The Morgan fingerprint density at radius 2 is 2.00 bits per heavy atom. The number of aromatic hydroxyl groups is 1. The first-order valence-corrected chi connectivity index (χ1v) is 4.99. The van der Waals surface area contributed by atoms with Crippen molar-refractivity contribution in [1.82, 2.24) is 0 Å². The van der Waals surface area contributed by atoms with Gasteiger partial charge in [-0.3, -0.25) is 0 Å². The third kappa shape index (κ3) is 1.55. The molecule has 66 valence electrons. The lowest BCUT2D eigenvalue weighted by Crippen LogP contribution is -1.98. The predicted molar refractivity (Wildman–Crippen MR) is 41.2 cm³/mol. The highest BCUT2D eigenvalue weighted by Crippen LogP contribution is 2.24. The fraction of sp³-hybridized carbons (Fsp3) is 0.143. The molecule has 0 radical (unpaired) electrons. The van der Waals surface area contributed by atoms with Gasteiger partial charge in [0.15, 0.2) is 21.4 Å². The maximum Gasteiger partial charge on any atom is 0.179 e. The summed E-state index contributed by atoms with van der Waals surface area (Å²) < 4.78 is 34.4. The molecule has 1 aromatic carbocycles. The standard InChI is InChI=1S/C7H7FO3S/c1-12(10,11)6-4-2-3-5(8)7(6)9/h2-4,9H,1H3. The molecule has 12 heavy (non-hydrogen) atoms. The summed E-state index contributed by atoms with van der Waals surface area (Å²) in [6, 6.07) is 3.36. The number of sulfone groups is 1. The van der Waals surface area contributed by atoms with Crippen molar-refractivity contribution >= 4 is 9.84 Å². The van der Waals surface area contributed by atoms with Gasteiger partial charge in [-0.1, -0.05) is 6.07 Å². The average molecular weight is 190 g/mol. The summed E-state index contributed by atoms with van der Waals surface area (Å²) in [5.41, 5.74) is 0. The minimum absolute atomic E-state index is 0.387. The number of phenols is 1. The first-order valence-electron chi connectivity index (χ1n) is 3.10. The summed E-state index contributed by atoms with van der Waals surface area (Å²) in [4.78, 5) is -0.387. The van der Waals surface area contributed by atoms with Crippen LogP contribution in [-0.2, 0) is 9.84 Å². The van der Waals surface area contributed by atoms with Gasteiger partial charge in [0.1, 0.15) is 4.90 Å². The molecule has 0 aliphatic rings. The molecule has 0 saturated heterocycles. The molecule has 1 N–H and O–H groups in total. The van der Waals surface area contributed by atoms with Crippen LogP contribution >= 0.6 is 0 Å². The highest BCUT2D eigenvalue weighted by atomic mass is 32.2. The van der Waals surface area contributed by atoms with E-state index in [1.165, 1.54) is 6.07 Å². The first kappa shape index (κ1) is 8.99. The van der Waals surface area contributed by atoms with Crippen molar-refractivity contribution in [2.75, 3.05) is 6.26 Å². The Morgan fingerprint density at radius 3 is 2.42 bits per heavy atom. The average Bonchev–Trinajstić information content (AvgIpc) is 1.92. The van der Waals surface area contributed by atoms with Gasteiger partial charge in [-0.2, -0.15) is 0 Å². The zero-order valence-electron chi connectivity index (χ0n) is 6.28. The SMILES string of the molecule is CS(=O)(=O)c1cccc(F)c1O. The van der Waals surface area contributed by atoms with E-state index < -0.39 is 21.4 Å². The van der Waals surface area contributed by atoms with Gasteiger partial charge in [-0.25, -0.2) is 12.8 Å². The van der Waals surface area contributed by atoms with E-state index in [1.54, 1.807) is 0 Å². The zero-order valence-corrected chi connectivity index (χ0v) is 7.10. The van der Waals surface area contributed by atoms with E-state index in [2.05, 4.69) is 0 Å². The highest BCUT2D eigenvalue weighted by Gasteiger charge is 2.15. The lowest BCUT2D eigenvalue weighted by Gasteiger charge is -2.01. The molecule has 0 spiro atoms. The van der Waals surface area contributed by atoms with Crippen LogP contribution in [0.25, 0.3) is 0 Å². The molecule has 0 bridgehead atoms. The maximum absolute atomic E-state index is 12.6. The Hall–Kier alpha value is -1.10. The van der Waals surface area contributed by atoms with Crippen LogP contribution in [0.5, 0.6) is 5.75 Å². The van der Waals surface area contributed by atoms with Crippen molar-refractivity contribution in [2.45, 2.75) is 4.90 Å². The van der Waals surface area contributed by atoms with Crippen LogP contribution in [0.2, 0.25) is 0 Å². The molecular formula is C7H7FO3S. The second-order valence-electron chi connectivity index (χ2n) is 2.36. The van der Waals surface area contributed by atoms with Crippen LogP contribution in [0.15, 0.2) is 23.1 Å². The normalized spacial score (nSPS) is 11.5.